The van der Waals surface area contributed by atoms with Crippen LogP contribution in [0.3, 0.4) is 0 Å². The number of nitrogens with one attached hydrogen (secondary N) is 2. The van der Waals surface area contributed by atoms with Crippen LogP contribution in [0.2, 0.25) is 0 Å². The molecule has 0 saturated carbocycles. The molecule has 1 aromatic heterocycles. The second kappa shape index (κ2) is 10.1. The molecule has 0 atom stereocenters. The average Bonchev–Trinajstić information content (AvgIpc) is 3.26. The molecular formula is C25H23N5O2S. The quantitative estimate of drug-likeness (QED) is 0.192. The third kappa shape index (κ3) is 5.48. The number of carbonyl (C=O) groups is 1. The second-order valence-corrected chi connectivity index (χ2v) is 8.38. The zero-order valence-electron chi connectivity index (χ0n) is 18.3. The van der Waals surface area contributed by atoms with Crippen molar-refractivity contribution in [3.05, 3.63) is 90.0 Å². The van der Waals surface area contributed by atoms with Crippen molar-refractivity contribution < 1.29 is 14.5 Å². The molecule has 3 aromatic carbocycles. The fraction of sp³-hybridized carbons (Fsp3) is 0.120. The zero-order valence-corrected chi connectivity index (χ0v) is 19.1. The Balaban J connectivity index is 1.51. The number of amides is 1. The summed E-state index contributed by atoms with van der Waals surface area (Å²) in [6.45, 7) is 3.79. The van der Waals surface area contributed by atoms with Crippen LogP contribution in [0.25, 0.3) is 17.1 Å². The van der Waals surface area contributed by atoms with Crippen LogP contribution in [0.1, 0.15) is 18.1 Å². The predicted molar refractivity (Wildman–Crippen MR) is 127 cm³/mol. The molecule has 0 spiro atoms. The maximum absolute atomic E-state index is 12.4. The van der Waals surface area contributed by atoms with Gasteiger partial charge in [0.1, 0.15) is 5.69 Å². The topological polar surface area (TPSA) is 97.1 Å². The van der Waals surface area contributed by atoms with E-state index in [1.54, 1.807) is 19.1 Å². The van der Waals surface area contributed by atoms with Crippen LogP contribution in [0.4, 0.5) is 0 Å². The normalized spacial score (nSPS) is 11.4. The van der Waals surface area contributed by atoms with Gasteiger partial charge in [0.05, 0.1) is 22.1 Å². The van der Waals surface area contributed by atoms with Crippen molar-refractivity contribution in [2.45, 2.75) is 19.0 Å². The number of aromatic amines is 1. The van der Waals surface area contributed by atoms with E-state index in [0.717, 1.165) is 17.1 Å². The lowest BCUT2D eigenvalue weighted by Crippen LogP contribution is -2.34. The first-order chi connectivity index (χ1) is 16.0. The Labute approximate surface area is 196 Å². The van der Waals surface area contributed by atoms with Crippen molar-refractivity contribution >= 4 is 23.4 Å². The summed E-state index contributed by atoms with van der Waals surface area (Å²) >= 11 is 1.31. The molecule has 0 radical (unpaired) electrons. The van der Waals surface area contributed by atoms with E-state index in [4.69, 9.17) is 0 Å². The smallest absolute Gasteiger partial charge is 0.342 e. The number of aryl methyl sites for hydroxylation is 1. The van der Waals surface area contributed by atoms with E-state index in [0.29, 0.717) is 16.4 Å². The number of para-hydroxylation sites is 1. The van der Waals surface area contributed by atoms with Crippen LogP contribution in [0.15, 0.2) is 89.1 Å². The number of rotatable bonds is 7. The van der Waals surface area contributed by atoms with Gasteiger partial charge in [-0.05, 0) is 55.4 Å². The average molecular weight is 458 g/mol. The third-order valence-electron chi connectivity index (χ3n) is 4.94. The number of aromatic nitrogens is 3. The van der Waals surface area contributed by atoms with E-state index in [2.05, 4.69) is 32.9 Å². The van der Waals surface area contributed by atoms with Gasteiger partial charge >= 0.3 is 5.16 Å². The van der Waals surface area contributed by atoms with Crippen molar-refractivity contribution in [2.75, 3.05) is 5.75 Å². The van der Waals surface area contributed by atoms with E-state index < -0.39 is 0 Å². The molecule has 0 saturated heterocycles. The summed E-state index contributed by atoms with van der Waals surface area (Å²) in [7, 11) is 0. The lowest BCUT2D eigenvalue weighted by atomic mass is 10.1. The van der Waals surface area contributed by atoms with Gasteiger partial charge < -0.3 is 5.11 Å². The van der Waals surface area contributed by atoms with Crippen LogP contribution in [0.5, 0.6) is 5.75 Å². The summed E-state index contributed by atoms with van der Waals surface area (Å²) in [5.74, 6) is 0.591. The molecule has 0 fully saturated rings. The van der Waals surface area contributed by atoms with Gasteiger partial charge in [0.15, 0.2) is 0 Å². The van der Waals surface area contributed by atoms with Gasteiger partial charge in [0, 0.05) is 0 Å². The third-order valence-corrected chi connectivity index (χ3v) is 5.88. The minimum atomic E-state index is -0.267. The highest BCUT2D eigenvalue weighted by molar-refractivity contribution is 7.99. The Hall–Kier alpha value is -3.91. The summed E-state index contributed by atoms with van der Waals surface area (Å²) in [6.07, 6.45) is 0. The molecule has 2 N–H and O–H groups in total. The van der Waals surface area contributed by atoms with Gasteiger partial charge in [-0.3, -0.25) is 4.79 Å². The molecule has 0 aliphatic carbocycles. The molecule has 0 aliphatic rings. The van der Waals surface area contributed by atoms with E-state index >= 15 is 0 Å². The van der Waals surface area contributed by atoms with Gasteiger partial charge in [0.25, 0.3) is 11.7 Å². The van der Waals surface area contributed by atoms with Gasteiger partial charge in [0.2, 0.25) is 0 Å². The first-order valence-electron chi connectivity index (χ1n) is 10.4. The molecule has 4 rings (SSSR count). The Morgan fingerprint density at radius 2 is 1.85 bits per heavy atom. The standard InChI is InChI=1S/C25H23N5O2S/c1-17-11-13-19(14-12-17)24-28-29-25(30(24)21-8-4-3-5-9-21)33-16-23(32)27-26-18(2)20-7-6-10-22(31)15-20/h3-15H,16H2,1-2H3,(H2,27,31,32). The molecule has 33 heavy (non-hydrogen) atoms. The first-order valence-corrected chi connectivity index (χ1v) is 11.4. The van der Waals surface area contributed by atoms with Crippen molar-refractivity contribution in [1.82, 2.24) is 15.6 Å². The maximum Gasteiger partial charge on any atom is 0.342 e. The molecule has 7 nitrogen and oxygen atoms in total. The van der Waals surface area contributed by atoms with Crippen molar-refractivity contribution in [2.24, 2.45) is 5.10 Å². The molecule has 4 aromatic rings. The van der Waals surface area contributed by atoms with Crippen LogP contribution in [-0.4, -0.2) is 27.6 Å². The monoisotopic (exact) mass is 457 g/mol. The van der Waals surface area contributed by atoms with Crippen molar-refractivity contribution in [3.8, 4) is 22.8 Å². The number of hydrazone groups is 1. The number of carbonyl (C=O) groups excluding carboxylic acids is 1. The fourth-order valence-corrected chi connectivity index (χ4v) is 3.97. The summed E-state index contributed by atoms with van der Waals surface area (Å²) < 4.78 is 2.00. The van der Waals surface area contributed by atoms with E-state index in [1.165, 1.54) is 29.5 Å². The van der Waals surface area contributed by atoms with E-state index in [1.807, 2.05) is 54.0 Å². The number of hydrogen-bond donors (Lipinski definition) is 2. The highest BCUT2D eigenvalue weighted by Crippen LogP contribution is 2.20. The molecular weight excluding hydrogens is 434 g/mol. The second-order valence-electron chi connectivity index (χ2n) is 7.44. The Morgan fingerprint density at radius 3 is 2.58 bits per heavy atom. The number of nitrogens with zero attached hydrogens (tertiary/aromatic N) is 3. The summed E-state index contributed by atoms with van der Waals surface area (Å²) in [5.41, 5.74) is 6.90. The van der Waals surface area contributed by atoms with Gasteiger partial charge in [-0.2, -0.15) is 9.67 Å². The summed E-state index contributed by atoms with van der Waals surface area (Å²) in [6, 6.07) is 24.5. The van der Waals surface area contributed by atoms with Gasteiger partial charge in [-0.15, -0.1) is 10.8 Å². The minimum Gasteiger partial charge on any atom is -0.872 e. The van der Waals surface area contributed by atoms with Crippen LogP contribution < -0.4 is 15.1 Å². The number of thioether (sulfide) groups is 1. The fourth-order valence-electron chi connectivity index (χ4n) is 3.21. The molecule has 1 amide bonds. The maximum atomic E-state index is 12.4. The largest absolute Gasteiger partial charge is 0.872 e. The van der Waals surface area contributed by atoms with Crippen molar-refractivity contribution in [1.29, 1.82) is 0 Å². The van der Waals surface area contributed by atoms with Gasteiger partial charge in [-0.25, -0.2) is 5.43 Å². The van der Waals surface area contributed by atoms with E-state index in [-0.39, 0.29) is 17.4 Å². The SMILES string of the molecule is CC(=NNC(=O)CSc1n[nH]c(-c2ccc(C)cc2)[n+]1-c1ccccc1)c1cccc([O-])c1. The van der Waals surface area contributed by atoms with Crippen molar-refractivity contribution in [3.63, 3.8) is 0 Å². The molecule has 0 bridgehead atoms. The molecule has 1 heterocycles. The van der Waals surface area contributed by atoms with Gasteiger partial charge in [-0.1, -0.05) is 60.2 Å². The highest BCUT2D eigenvalue weighted by atomic mass is 32.2. The molecule has 8 heteroatoms. The molecule has 0 aliphatic heterocycles. The Bertz CT molecular complexity index is 1280. The van der Waals surface area contributed by atoms with Crippen LogP contribution in [-0.2, 0) is 4.79 Å². The number of hydrogen-bond acceptors (Lipinski definition) is 5. The molecule has 0 unspecified atom stereocenters. The van der Waals surface area contributed by atoms with Crippen LogP contribution in [0, 0.1) is 6.92 Å². The lowest BCUT2D eigenvalue weighted by molar-refractivity contribution is -0.625. The molecule has 166 valence electrons. The first kappa shape index (κ1) is 22.3. The minimum absolute atomic E-state index is 0.0997. The number of H-pyrrole nitrogens is 1. The lowest BCUT2D eigenvalue weighted by Gasteiger charge is -2.07. The van der Waals surface area contributed by atoms with E-state index in [9.17, 15) is 9.90 Å². The summed E-state index contributed by atoms with van der Waals surface area (Å²) in [4.78, 5) is 12.4. The highest BCUT2D eigenvalue weighted by Gasteiger charge is 2.24. The van der Waals surface area contributed by atoms with Crippen LogP contribution >= 0.6 is 11.8 Å². The zero-order chi connectivity index (χ0) is 23.2. The predicted octanol–water partition coefficient (Wildman–Crippen LogP) is 3.37. The summed E-state index contributed by atoms with van der Waals surface area (Å²) in [5, 5.41) is 23.9. The Morgan fingerprint density at radius 1 is 1.09 bits per heavy atom. The number of benzene rings is 3. The Kier molecular flexibility index (Phi) is 6.85.